The minimum absolute atomic E-state index is 0. The van der Waals surface area contributed by atoms with Gasteiger partial charge in [0.15, 0.2) is 5.96 Å². The van der Waals surface area contributed by atoms with E-state index in [2.05, 4.69) is 15.6 Å². The van der Waals surface area contributed by atoms with Crippen LogP contribution in [-0.4, -0.2) is 27.5 Å². The highest BCUT2D eigenvalue weighted by atomic mass is 127. The van der Waals surface area contributed by atoms with Gasteiger partial charge >= 0.3 is 0 Å². The second-order valence-corrected chi connectivity index (χ2v) is 6.10. The Balaban J connectivity index is 0.00000200. The Morgan fingerprint density at radius 2 is 2.15 bits per heavy atom. The summed E-state index contributed by atoms with van der Waals surface area (Å²) in [6.45, 7) is 0.496. The number of hydrogen-bond donors (Lipinski definition) is 3. The average Bonchev–Trinajstić information content (AvgIpc) is 3.17. The van der Waals surface area contributed by atoms with Gasteiger partial charge in [-0.25, -0.2) is 13.6 Å². The maximum Gasteiger partial charge on any atom is 0.238 e. The smallest absolute Gasteiger partial charge is 0.238 e. The molecule has 6 nitrogen and oxygen atoms in total. The second-order valence-electron chi connectivity index (χ2n) is 4.54. The minimum Gasteiger partial charge on any atom is -0.354 e. The number of guanidine groups is 1. The van der Waals surface area contributed by atoms with E-state index in [1.54, 1.807) is 19.2 Å². The zero-order valence-electron chi connectivity index (χ0n) is 11.2. The Hall–Kier alpha value is -0.870. The number of primary sulfonamides is 1. The molecule has 1 aliphatic carbocycles. The summed E-state index contributed by atoms with van der Waals surface area (Å²) < 4.78 is 22.5. The van der Waals surface area contributed by atoms with Gasteiger partial charge in [-0.2, -0.15) is 0 Å². The van der Waals surface area contributed by atoms with Gasteiger partial charge in [-0.1, -0.05) is 12.1 Å². The van der Waals surface area contributed by atoms with Crippen LogP contribution in [0.5, 0.6) is 0 Å². The molecule has 0 unspecified atom stereocenters. The molecule has 112 valence electrons. The summed E-state index contributed by atoms with van der Waals surface area (Å²) in [6, 6.07) is 7.07. The van der Waals surface area contributed by atoms with Crippen LogP contribution >= 0.6 is 24.0 Å². The minimum atomic E-state index is -3.65. The first-order valence-electron chi connectivity index (χ1n) is 6.08. The molecular formula is C12H19IN4O2S. The Morgan fingerprint density at radius 3 is 2.70 bits per heavy atom. The maximum atomic E-state index is 11.3. The van der Waals surface area contributed by atoms with Gasteiger partial charge in [0.1, 0.15) is 0 Å². The molecule has 1 saturated carbocycles. The van der Waals surface area contributed by atoms with E-state index in [0.29, 0.717) is 12.6 Å². The Kier molecular flexibility index (Phi) is 6.21. The van der Waals surface area contributed by atoms with Crippen molar-refractivity contribution < 1.29 is 8.42 Å². The monoisotopic (exact) mass is 410 g/mol. The van der Waals surface area contributed by atoms with E-state index in [4.69, 9.17) is 5.14 Å². The lowest BCUT2D eigenvalue weighted by atomic mass is 10.2. The van der Waals surface area contributed by atoms with Gasteiger partial charge in [-0.15, -0.1) is 24.0 Å². The van der Waals surface area contributed by atoms with E-state index < -0.39 is 10.0 Å². The standard InChI is InChI=1S/C12H18N4O2S.HI/c1-14-12(16-10-5-6-10)15-8-9-3-2-4-11(7-9)19(13,17)18;/h2-4,7,10H,5-6,8H2,1H3,(H2,13,17,18)(H2,14,15,16);1H. The van der Waals surface area contributed by atoms with Crippen LogP contribution in [0.2, 0.25) is 0 Å². The van der Waals surface area contributed by atoms with E-state index in [-0.39, 0.29) is 28.9 Å². The predicted octanol–water partition coefficient (Wildman–Crippen LogP) is 0.779. The van der Waals surface area contributed by atoms with Crippen molar-refractivity contribution in [2.45, 2.75) is 30.3 Å². The molecule has 0 heterocycles. The normalized spacial score (nSPS) is 15.4. The quantitative estimate of drug-likeness (QED) is 0.388. The number of halogens is 1. The Bertz CT molecular complexity index is 585. The molecule has 1 aromatic rings. The van der Waals surface area contributed by atoms with Crippen LogP contribution in [0.15, 0.2) is 34.2 Å². The highest BCUT2D eigenvalue weighted by Gasteiger charge is 2.22. The summed E-state index contributed by atoms with van der Waals surface area (Å²) in [6.07, 6.45) is 2.34. The highest BCUT2D eigenvalue weighted by molar-refractivity contribution is 14.0. The number of aliphatic imine (C=N–C) groups is 1. The average molecular weight is 410 g/mol. The van der Waals surface area contributed by atoms with Crippen molar-refractivity contribution in [1.29, 1.82) is 0 Å². The third kappa shape index (κ3) is 5.25. The summed E-state index contributed by atoms with van der Waals surface area (Å²) in [5, 5.41) is 11.5. The Labute approximate surface area is 136 Å². The van der Waals surface area contributed by atoms with Crippen molar-refractivity contribution in [2.24, 2.45) is 10.1 Å². The molecule has 0 amide bonds. The summed E-state index contributed by atoms with van der Waals surface area (Å²) >= 11 is 0. The molecular weight excluding hydrogens is 391 g/mol. The number of benzene rings is 1. The van der Waals surface area contributed by atoms with Gasteiger partial charge in [0, 0.05) is 19.6 Å². The summed E-state index contributed by atoms with van der Waals surface area (Å²) in [4.78, 5) is 4.23. The molecule has 1 aliphatic rings. The lowest BCUT2D eigenvalue weighted by Gasteiger charge is -2.11. The molecule has 0 aromatic heterocycles. The van der Waals surface area contributed by atoms with Crippen LogP contribution in [0.4, 0.5) is 0 Å². The molecule has 0 spiro atoms. The Morgan fingerprint density at radius 1 is 1.45 bits per heavy atom. The SMILES string of the molecule is CN=C(NCc1cccc(S(N)(=O)=O)c1)NC1CC1.I. The van der Waals surface area contributed by atoms with Gasteiger partial charge in [0.2, 0.25) is 10.0 Å². The molecule has 20 heavy (non-hydrogen) atoms. The first-order valence-corrected chi connectivity index (χ1v) is 7.62. The third-order valence-corrected chi connectivity index (χ3v) is 3.74. The van der Waals surface area contributed by atoms with Crippen LogP contribution in [-0.2, 0) is 16.6 Å². The lowest BCUT2D eigenvalue weighted by Crippen LogP contribution is -2.38. The van der Waals surface area contributed by atoms with Gasteiger partial charge in [0.05, 0.1) is 4.90 Å². The topological polar surface area (TPSA) is 96.6 Å². The summed E-state index contributed by atoms with van der Waals surface area (Å²) in [7, 11) is -1.95. The van der Waals surface area contributed by atoms with Crippen LogP contribution in [0.1, 0.15) is 18.4 Å². The van der Waals surface area contributed by atoms with E-state index in [1.807, 2.05) is 6.07 Å². The van der Waals surface area contributed by atoms with Gasteiger partial charge in [-0.3, -0.25) is 4.99 Å². The number of nitrogens with two attached hydrogens (primary N) is 1. The van der Waals surface area contributed by atoms with Crippen molar-refractivity contribution in [3.05, 3.63) is 29.8 Å². The number of sulfonamides is 1. The van der Waals surface area contributed by atoms with Crippen molar-refractivity contribution in [3.63, 3.8) is 0 Å². The molecule has 1 fully saturated rings. The fourth-order valence-electron chi connectivity index (χ4n) is 1.63. The van der Waals surface area contributed by atoms with Crippen LogP contribution in [0.25, 0.3) is 0 Å². The fraction of sp³-hybridized carbons (Fsp3) is 0.417. The zero-order valence-corrected chi connectivity index (χ0v) is 14.3. The fourth-order valence-corrected chi connectivity index (χ4v) is 2.22. The molecule has 4 N–H and O–H groups in total. The summed E-state index contributed by atoms with van der Waals surface area (Å²) in [5.41, 5.74) is 0.838. The molecule has 0 radical (unpaired) electrons. The van der Waals surface area contributed by atoms with Crippen LogP contribution in [0, 0.1) is 0 Å². The maximum absolute atomic E-state index is 11.3. The third-order valence-electron chi connectivity index (χ3n) is 2.83. The highest BCUT2D eigenvalue weighted by Crippen LogP contribution is 2.18. The van der Waals surface area contributed by atoms with E-state index in [1.165, 1.54) is 18.9 Å². The first kappa shape index (κ1) is 17.2. The molecule has 0 aliphatic heterocycles. The molecule has 1 aromatic carbocycles. The predicted molar refractivity (Wildman–Crippen MR) is 89.6 cm³/mol. The molecule has 0 saturated heterocycles. The van der Waals surface area contributed by atoms with E-state index >= 15 is 0 Å². The van der Waals surface area contributed by atoms with Crippen LogP contribution < -0.4 is 15.8 Å². The number of nitrogens with one attached hydrogen (secondary N) is 2. The molecule has 0 atom stereocenters. The number of rotatable bonds is 4. The van der Waals surface area contributed by atoms with Crippen molar-refractivity contribution in [2.75, 3.05) is 7.05 Å². The van der Waals surface area contributed by atoms with Crippen molar-refractivity contribution >= 4 is 40.0 Å². The van der Waals surface area contributed by atoms with Crippen molar-refractivity contribution in [1.82, 2.24) is 10.6 Å². The van der Waals surface area contributed by atoms with E-state index in [0.717, 1.165) is 11.5 Å². The largest absolute Gasteiger partial charge is 0.354 e. The molecule has 8 heteroatoms. The molecule has 2 rings (SSSR count). The van der Waals surface area contributed by atoms with Gasteiger partial charge in [-0.05, 0) is 30.5 Å². The van der Waals surface area contributed by atoms with Crippen molar-refractivity contribution in [3.8, 4) is 0 Å². The number of nitrogens with zero attached hydrogens (tertiary/aromatic N) is 1. The van der Waals surface area contributed by atoms with Gasteiger partial charge in [0.25, 0.3) is 0 Å². The summed E-state index contributed by atoms with van der Waals surface area (Å²) in [5.74, 6) is 0.725. The van der Waals surface area contributed by atoms with Gasteiger partial charge < -0.3 is 10.6 Å². The second kappa shape index (κ2) is 7.23. The number of hydrogen-bond acceptors (Lipinski definition) is 3. The lowest BCUT2D eigenvalue weighted by molar-refractivity contribution is 0.597. The zero-order chi connectivity index (χ0) is 13.9. The van der Waals surface area contributed by atoms with E-state index in [9.17, 15) is 8.42 Å². The first-order chi connectivity index (χ1) is 8.99. The molecule has 0 bridgehead atoms. The van der Waals surface area contributed by atoms with Crippen LogP contribution in [0.3, 0.4) is 0 Å².